The van der Waals surface area contributed by atoms with Crippen molar-refractivity contribution < 1.29 is 4.79 Å². The van der Waals surface area contributed by atoms with Crippen LogP contribution in [0.3, 0.4) is 0 Å². The van der Waals surface area contributed by atoms with Gasteiger partial charge in [-0.25, -0.2) is 4.79 Å². The summed E-state index contributed by atoms with van der Waals surface area (Å²) in [6.07, 6.45) is 4.35. The monoisotopic (exact) mass is 324 g/mol. The third-order valence-corrected chi connectivity index (χ3v) is 4.99. The fourth-order valence-corrected chi connectivity index (χ4v) is 4.50. The van der Waals surface area contributed by atoms with Crippen molar-refractivity contribution in [3.05, 3.63) is 0 Å². The average molecular weight is 325 g/mol. The quantitative estimate of drug-likeness (QED) is 0.727. The van der Waals surface area contributed by atoms with Gasteiger partial charge in [-0.15, -0.1) is 0 Å². The third kappa shape index (κ3) is 5.96. The minimum absolute atomic E-state index is 0.00237. The van der Waals surface area contributed by atoms with E-state index in [0.717, 1.165) is 25.9 Å². The summed E-state index contributed by atoms with van der Waals surface area (Å²) in [7, 11) is 0. The van der Waals surface area contributed by atoms with E-state index in [0.29, 0.717) is 5.92 Å². The van der Waals surface area contributed by atoms with E-state index in [1.807, 2.05) is 0 Å². The van der Waals surface area contributed by atoms with Crippen LogP contribution in [0, 0.1) is 5.92 Å². The van der Waals surface area contributed by atoms with Crippen molar-refractivity contribution in [1.82, 2.24) is 20.9 Å². The van der Waals surface area contributed by atoms with Crippen LogP contribution in [-0.4, -0.2) is 54.2 Å². The molecule has 2 aliphatic heterocycles. The Morgan fingerprint density at radius 2 is 1.87 bits per heavy atom. The Morgan fingerprint density at radius 1 is 1.22 bits per heavy atom. The number of hydrogen-bond acceptors (Lipinski definition) is 3. The number of piperidine rings is 1. The van der Waals surface area contributed by atoms with Crippen LogP contribution in [0.1, 0.15) is 60.3 Å². The molecule has 2 rings (SSSR count). The number of rotatable bonds is 5. The smallest absolute Gasteiger partial charge is 0.315 e. The summed E-state index contributed by atoms with van der Waals surface area (Å²) in [5.74, 6) is 0.605. The second kappa shape index (κ2) is 7.39. The number of likely N-dealkylation sites (tertiary alicyclic amines) is 1. The van der Waals surface area contributed by atoms with E-state index in [-0.39, 0.29) is 23.2 Å². The Kier molecular flexibility index (Phi) is 5.95. The van der Waals surface area contributed by atoms with Gasteiger partial charge >= 0.3 is 6.03 Å². The van der Waals surface area contributed by atoms with Crippen LogP contribution in [0.5, 0.6) is 0 Å². The van der Waals surface area contributed by atoms with Gasteiger partial charge in [0.2, 0.25) is 0 Å². The molecule has 2 amide bonds. The molecular formula is C18H36N4O. The number of nitrogens with one attached hydrogen (secondary N) is 3. The van der Waals surface area contributed by atoms with Gasteiger partial charge in [0, 0.05) is 30.2 Å². The molecule has 2 saturated heterocycles. The summed E-state index contributed by atoms with van der Waals surface area (Å²) >= 11 is 0. The lowest BCUT2D eigenvalue weighted by Crippen LogP contribution is -2.62. The molecule has 2 heterocycles. The fourth-order valence-electron chi connectivity index (χ4n) is 4.50. The van der Waals surface area contributed by atoms with Crippen molar-refractivity contribution in [2.75, 3.05) is 26.2 Å². The summed E-state index contributed by atoms with van der Waals surface area (Å²) in [4.78, 5) is 14.7. The molecule has 2 aliphatic rings. The van der Waals surface area contributed by atoms with E-state index >= 15 is 0 Å². The lowest BCUT2D eigenvalue weighted by atomic mass is 9.80. The molecule has 0 saturated carbocycles. The van der Waals surface area contributed by atoms with Gasteiger partial charge in [-0.2, -0.15) is 0 Å². The first-order chi connectivity index (χ1) is 10.7. The summed E-state index contributed by atoms with van der Waals surface area (Å²) in [5.41, 5.74) is 0.123. The highest BCUT2D eigenvalue weighted by molar-refractivity contribution is 5.74. The van der Waals surface area contributed by atoms with Crippen molar-refractivity contribution in [1.29, 1.82) is 0 Å². The molecule has 3 N–H and O–H groups in total. The van der Waals surface area contributed by atoms with Gasteiger partial charge in [-0.1, -0.05) is 6.92 Å². The molecule has 0 spiro atoms. The lowest BCUT2D eigenvalue weighted by Gasteiger charge is -2.46. The molecule has 5 nitrogen and oxygen atoms in total. The van der Waals surface area contributed by atoms with Crippen LogP contribution in [0.2, 0.25) is 0 Å². The van der Waals surface area contributed by atoms with Crippen LogP contribution >= 0.6 is 0 Å². The first-order valence-corrected chi connectivity index (χ1v) is 9.25. The third-order valence-electron chi connectivity index (χ3n) is 4.99. The molecule has 5 heteroatoms. The van der Waals surface area contributed by atoms with Crippen LogP contribution in [-0.2, 0) is 0 Å². The highest BCUT2D eigenvalue weighted by Crippen LogP contribution is 2.28. The molecule has 23 heavy (non-hydrogen) atoms. The summed E-state index contributed by atoms with van der Waals surface area (Å²) in [6, 6.07) is 0.235. The van der Waals surface area contributed by atoms with E-state index in [9.17, 15) is 4.79 Å². The van der Waals surface area contributed by atoms with Gasteiger partial charge in [0.1, 0.15) is 0 Å². The van der Waals surface area contributed by atoms with E-state index in [1.165, 1.54) is 25.9 Å². The SMILES string of the molecule is CCCN1CC[C@H](CNC(=O)NC2CC(C)(C)NC(C)(C)C2)C1. The van der Waals surface area contributed by atoms with Gasteiger partial charge in [-0.3, -0.25) is 0 Å². The highest BCUT2D eigenvalue weighted by atomic mass is 16.2. The fraction of sp³-hybridized carbons (Fsp3) is 0.944. The minimum atomic E-state index is -0.00237. The van der Waals surface area contributed by atoms with Crippen molar-refractivity contribution in [3.8, 4) is 0 Å². The van der Waals surface area contributed by atoms with Crippen molar-refractivity contribution in [3.63, 3.8) is 0 Å². The molecule has 0 radical (unpaired) electrons. The normalized spacial score (nSPS) is 27.8. The van der Waals surface area contributed by atoms with Crippen molar-refractivity contribution in [2.24, 2.45) is 5.92 Å². The van der Waals surface area contributed by atoms with Crippen molar-refractivity contribution >= 4 is 6.03 Å². The summed E-state index contributed by atoms with van der Waals surface area (Å²) in [5, 5.41) is 9.93. The second-order valence-corrected chi connectivity index (χ2v) is 8.81. The molecule has 0 aliphatic carbocycles. The first-order valence-electron chi connectivity index (χ1n) is 9.25. The topological polar surface area (TPSA) is 56.4 Å². The van der Waals surface area contributed by atoms with Gasteiger partial charge < -0.3 is 20.9 Å². The summed E-state index contributed by atoms with van der Waals surface area (Å²) in [6.45, 7) is 15.3. The number of carbonyl (C=O) groups is 1. The number of urea groups is 1. The molecule has 134 valence electrons. The van der Waals surface area contributed by atoms with E-state index < -0.39 is 0 Å². The molecule has 0 bridgehead atoms. The number of amides is 2. The predicted molar refractivity (Wildman–Crippen MR) is 95.7 cm³/mol. The maximum absolute atomic E-state index is 12.2. The maximum atomic E-state index is 12.2. The van der Waals surface area contributed by atoms with Crippen LogP contribution < -0.4 is 16.0 Å². The van der Waals surface area contributed by atoms with Gasteiger partial charge in [0.25, 0.3) is 0 Å². The standard InChI is InChI=1S/C18H36N4O/c1-6-8-22-9-7-14(13-22)12-19-16(23)20-15-10-17(2,3)21-18(4,5)11-15/h14-15,21H,6-13H2,1-5H3,(H2,19,20,23)/t14-/m1/s1. The molecule has 0 aromatic rings. The van der Waals surface area contributed by atoms with E-state index in [1.54, 1.807) is 0 Å². The highest BCUT2D eigenvalue weighted by Gasteiger charge is 2.38. The van der Waals surface area contributed by atoms with Gasteiger partial charge in [0.15, 0.2) is 0 Å². The Hall–Kier alpha value is -0.810. The molecule has 0 unspecified atom stereocenters. The molecular weight excluding hydrogens is 288 g/mol. The zero-order valence-corrected chi connectivity index (χ0v) is 15.7. The van der Waals surface area contributed by atoms with E-state index in [2.05, 4.69) is 55.5 Å². The second-order valence-electron chi connectivity index (χ2n) is 8.81. The Morgan fingerprint density at radius 3 is 2.48 bits per heavy atom. The largest absolute Gasteiger partial charge is 0.338 e. The Labute approximate surface area is 142 Å². The molecule has 2 fully saturated rings. The van der Waals surface area contributed by atoms with Gasteiger partial charge in [-0.05, 0) is 72.4 Å². The van der Waals surface area contributed by atoms with Crippen LogP contribution in [0.15, 0.2) is 0 Å². The maximum Gasteiger partial charge on any atom is 0.315 e. The number of carbonyl (C=O) groups excluding carboxylic acids is 1. The zero-order chi connectivity index (χ0) is 17.1. The zero-order valence-electron chi connectivity index (χ0n) is 15.7. The Balaban J connectivity index is 1.72. The minimum Gasteiger partial charge on any atom is -0.338 e. The van der Waals surface area contributed by atoms with Crippen molar-refractivity contribution in [2.45, 2.75) is 77.4 Å². The van der Waals surface area contributed by atoms with Crippen LogP contribution in [0.4, 0.5) is 4.79 Å². The summed E-state index contributed by atoms with van der Waals surface area (Å²) < 4.78 is 0. The van der Waals surface area contributed by atoms with E-state index in [4.69, 9.17) is 0 Å². The number of nitrogens with zero attached hydrogens (tertiary/aromatic N) is 1. The molecule has 1 atom stereocenters. The van der Waals surface area contributed by atoms with Gasteiger partial charge in [0.05, 0.1) is 0 Å². The molecule has 0 aromatic carbocycles. The predicted octanol–water partition coefficient (Wildman–Crippen LogP) is 2.33. The van der Waals surface area contributed by atoms with Crippen LogP contribution in [0.25, 0.3) is 0 Å². The number of hydrogen-bond donors (Lipinski definition) is 3. The average Bonchev–Trinajstić information content (AvgIpc) is 2.80. The molecule has 0 aromatic heterocycles. The lowest BCUT2D eigenvalue weighted by molar-refractivity contribution is 0.147. The first kappa shape index (κ1) is 18.5. The Bertz CT molecular complexity index is 392.